The second kappa shape index (κ2) is 5.82. The van der Waals surface area contributed by atoms with Crippen LogP contribution in [0.3, 0.4) is 0 Å². The molecule has 0 fully saturated rings. The van der Waals surface area contributed by atoms with Crippen LogP contribution in [0.25, 0.3) is 0 Å². The summed E-state index contributed by atoms with van der Waals surface area (Å²) in [7, 11) is 0. The smallest absolute Gasteiger partial charge is 0.224 e. The lowest BCUT2D eigenvalue weighted by Gasteiger charge is -2.07. The Kier molecular flexibility index (Phi) is 4.71. The standard InChI is InChI=1S/C10H14BrN3O/c1-7(12)2-3-10(15)14-9-4-5-13-6-8(9)11/h4-7H,2-3,12H2,1H3,(H,13,14,15). The molecule has 1 unspecified atom stereocenters. The molecule has 1 heterocycles. The maximum absolute atomic E-state index is 11.5. The van der Waals surface area contributed by atoms with Gasteiger partial charge in [-0.2, -0.15) is 0 Å². The van der Waals surface area contributed by atoms with Gasteiger partial charge in [0.2, 0.25) is 5.91 Å². The molecule has 0 spiro atoms. The third-order valence-electron chi connectivity index (χ3n) is 1.87. The lowest BCUT2D eigenvalue weighted by molar-refractivity contribution is -0.116. The van der Waals surface area contributed by atoms with Gasteiger partial charge in [0.25, 0.3) is 0 Å². The van der Waals surface area contributed by atoms with Crippen LogP contribution >= 0.6 is 15.9 Å². The van der Waals surface area contributed by atoms with Gasteiger partial charge in [-0.15, -0.1) is 0 Å². The molecule has 0 radical (unpaired) electrons. The predicted molar refractivity (Wildman–Crippen MR) is 63.5 cm³/mol. The van der Waals surface area contributed by atoms with E-state index in [-0.39, 0.29) is 11.9 Å². The molecule has 0 saturated carbocycles. The quantitative estimate of drug-likeness (QED) is 0.879. The molecule has 1 atom stereocenters. The van der Waals surface area contributed by atoms with E-state index in [0.29, 0.717) is 12.8 Å². The van der Waals surface area contributed by atoms with E-state index in [9.17, 15) is 4.79 Å². The molecule has 0 saturated heterocycles. The van der Waals surface area contributed by atoms with Crippen LogP contribution in [-0.2, 0) is 4.79 Å². The summed E-state index contributed by atoms with van der Waals surface area (Å²) in [6, 6.07) is 1.80. The van der Waals surface area contributed by atoms with Crippen molar-refractivity contribution in [3.8, 4) is 0 Å². The maximum Gasteiger partial charge on any atom is 0.224 e. The van der Waals surface area contributed by atoms with E-state index < -0.39 is 0 Å². The number of nitrogens with two attached hydrogens (primary N) is 1. The van der Waals surface area contributed by atoms with Crippen LogP contribution < -0.4 is 11.1 Å². The third-order valence-corrected chi connectivity index (χ3v) is 2.51. The van der Waals surface area contributed by atoms with Crippen LogP contribution in [0, 0.1) is 0 Å². The van der Waals surface area contributed by atoms with E-state index in [1.807, 2.05) is 6.92 Å². The molecule has 1 aromatic rings. The van der Waals surface area contributed by atoms with E-state index in [4.69, 9.17) is 5.73 Å². The first kappa shape index (κ1) is 12.1. The summed E-state index contributed by atoms with van der Waals surface area (Å²) in [6.45, 7) is 1.88. The summed E-state index contributed by atoms with van der Waals surface area (Å²) in [5.74, 6) is -0.0285. The predicted octanol–water partition coefficient (Wildman–Crippen LogP) is 1.91. The number of rotatable bonds is 4. The maximum atomic E-state index is 11.5. The van der Waals surface area contributed by atoms with E-state index in [0.717, 1.165) is 10.2 Å². The first-order chi connectivity index (χ1) is 7.09. The zero-order chi connectivity index (χ0) is 11.3. The highest BCUT2D eigenvalue weighted by Crippen LogP contribution is 2.20. The number of carbonyl (C=O) groups is 1. The number of hydrogen-bond donors (Lipinski definition) is 2. The minimum atomic E-state index is -0.0285. The van der Waals surface area contributed by atoms with Gasteiger partial charge in [0, 0.05) is 24.9 Å². The van der Waals surface area contributed by atoms with Crippen LogP contribution in [0.2, 0.25) is 0 Å². The average Bonchev–Trinajstić information content (AvgIpc) is 2.18. The van der Waals surface area contributed by atoms with Crippen molar-refractivity contribution in [3.63, 3.8) is 0 Å². The number of amides is 1. The van der Waals surface area contributed by atoms with Crippen LogP contribution in [0.1, 0.15) is 19.8 Å². The molecule has 1 amide bonds. The number of anilines is 1. The molecule has 0 bridgehead atoms. The van der Waals surface area contributed by atoms with E-state index in [1.165, 1.54) is 0 Å². The normalized spacial score (nSPS) is 12.2. The van der Waals surface area contributed by atoms with Crippen molar-refractivity contribution in [3.05, 3.63) is 22.9 Å². The highest BCUT2D eigenvalue weighted by molar-refractivity contribution is 9.10. The number of aromatic nitrogens is 1. The lowest BCUT2D eigenvalue weighted by Crippen LogP contribution is -2.19. The number of hydrogen-bond acceptors (Lipinski definition) is 3. The Morgan fingerprint density at radius 2 is 2.47 bits per heavy atom. The van der Waals surface area contributed by atoms with Crippen molar-refractivity contribution in [1.82, 2.24) is 4.98 Å². The van der Waals surface area contributed by atoms with Crippen LogP contribution in [0.4, 0.5) is 5.69 Å². The minimum Gasteiger partial charge on any atom is -0.328 e. The largest absolute Gasteiger partial charge is 0.328 e. The summed E-state index contributed by atoms with van der Waals surface area (Å²) >= 11 is 3.30. The topological polar surface area (TPSA) is 68.0 Å². The van der Waals surface area contributed by atoms with Gasteiger partial charge >= 0.3 is 0 Å². The molecule has 82 valence electrons. The number of halogens is 1. The fourth-order valence-electron chi connectivity index (χ4n) is 1.05. The van der Waals surface area contributed by atoms with E-state index >= 15 is 0 Å². The summed E-state index contributed by atoms with van der Waals surface area (Å²) < 4.78 is 0.777. The van der Waals surface area contributed by atoms with Gasteiger partial charge in [-0.05, 0) is 35.3 Å². The highest BCUT2D eigenvalue weighted by atomic mass is 79.9. The van der Waals surface area contributed by atoms with Gasteiger partial charge < -0.3 is 11.1 Å². The minimum absolute atomic E-state index is 0.0285. The Morgan fingerprint density at radius 1 is 1.73 bits per heavy atom. The molecular formula is C10H14BrN3O. The first-order valence-electron chi connectivity index (χ1n) is 4.74. The van der Waals surface area contributed by atoms with Gasteiger partial charge in [0.1, 0.15) is 0 Å². The summed E-state index contributed by atoms with van der Waals surface area (Å²) in [4.78, 5) is 15.4. The zero-order valence-corrected chi connectivity index (χ0v) is 10.1. The van der Waals surface area contributed by atoms with E-state index in [1.54, 1.807) is 18.5 Å². The van der Waals surface area contributed by atoms with Gasteiger partial charge in [-0.25, -0.2) is 0 Å². The fraction of sp³-hybridized carbons (Fsp3) is 0.400. The Bertz CT molecular complexity index is 341. The molecule has 0 aliphatic heterocycles. The zero-order valence-electron chi connectivity index (χ0n) is 8.53. The number of carbonyl (C=O) groups excluding carboxylic acids is 1. The lowest BCUT2D eigenvalue weighted by atomic mass is 10.2. The molecule has 0 aromatic carbocycles. The summed E-state index contributed by atoms with van der Waals surface area (Å²) in [5.41, 5.74) is 6.30. The van der Waals surface area contributed by atoms with Gasteiger partial charge in [0.05, 0.1) is 10.2 Å². The Hall–Kier alpha value is -0.940. The van der Waals surface area contributed by atoms with E-state index in [2.05, 4.69) is 26.2 Å². The number of nitrogens with zero attached hydrogens (tertiary/aromatic N) is 1. The van der Waals surface area contributed by atoms with Crippen LogP contribution in [0.15, 0.2) is 22.9 Å². The second-order valence-corrected chi connectivity index (χ2v) is 4.27. The van der Waals surface area contributed by atoms with Crippen LogP contribution in [-0.4, -0.2) is 16.9 Å². The van der Waals surface area contributed by atoms with Crippen molar-refractivity contribution in [2.24, 2.45) is 5.73 Å². The van der Waals surface area contributed by atoms with Crippen molar-refractivity contribution in [2.75, 3.05) is 5.32 Å². The molecule has 0 aliphatic rings. The Balaban J connectivity index is 2.48. The van der Waals surface area contributed by atoms with Crippen molar-refractivity contribution >= 4 is 27.5 Å². The molecule has 0 aliphatic carbocycles. The van der Waals surface area contributed by atoms with Crippen LogP contribution in [0.5, 0.6) is 0 Å². The molecular weight excluding hydrogens is 258 g/mol. The molecule has 1 rings (SSSR count). The first-order valence-corrected chi connectivity index (χ1v) is 5.54. The highest BCUT2D eigenvalue weighted by Gasteiger charge is 2.06. The van der Waals surface area contributed by atoms with Crippen molar-refractivity contribution in [2.45, 2.75) is 25.8 Å². The number of pyridine rings is 1. The molecule has 4 nitrogen and oxygen atoms in total. The monoisotopic (exact) mass is 271 g/mol. The Morgan fingerprint density at radius 3 is 3.07 bits per heavy atom. The van der Waals surface area contributed by atoms with Crippen molar-refractivity contribution in [1.29, 1.82) is 0 Å². The number of nitrogens with one attached hydrogen (secondary N) is 1. The van der Waals surface area contributed by atoms with Crippen molar-refractivity contribution < 1.29 is 4.79 Å². The molecule has 1 aromatic heterocycles. The van der Waals surface area contributed by atoms with Gasteiger partial charge in [-0.3, -0.25) is 9.78 Å². The molecule has 3 N–H and O–H groups in total. The second-order valence-electron chi connectivity index (χ2n) is 3.42. The molecule has 15 heavy (non-hydrogen) atoms. The Labute approximate surface area is 97.4 Å². The summed E-state index contributed by atoms with van der Waals surface area (Å²) in [6.07, 6.45) is 4.40. The average molecular weight is 272 g/mol. The van der Waals surface area contributed by atoms with Gasteiger partial charge in [-0.1, -0.05) is 0 Å². The third kappa shape index (κ3) is 4.40. The fourth-order valence-corrected chi connectivity index (χ4v) is 1.40. The SMILES string of the molecule is CC(N)CCC(=O)Nc1ccncc1Br. The summed E-state index contributed by atoms with van der Waals surface area (Å²) in [5, 5.41) is 2.78. The molecule has 5 heteroatoms. The van der Waals surface area contributed by atoms with Gasteiger partial charge in [0.15, 0.2) is 0 Å².